The highest BCUT2D eigenvalue weighted by Crippen LogP contribution is 2.31. The highest BCUT2D eigenvalue weighted by molar-refractivity contribution is 5.68. The van der Waals surface area contributed by atoms with Crippen molar-refractivity contribution in [2.24, 2.45) is 5.84 Å². The molecule has 112 valence electrons. The summed E-state index contributed by atoms with van der Waals surface area (Å²) in [5, 5.41) is 3.35. The number of anilines is 3. The summed E-state index contributed by atoms with van der Waals surface area (Å²) in [5.41, 5.74) is 5.62. The van der Waals surface area contributed by atoms with E-state index in [0.29, 0.717) is 5.82 Å². The van der Waals surface area contributed by atoms with Gasteiger partial charge in [-0.2, -0.15) is 0 Å². The third kappa shape index (κ3) is 3.22. The quantitative estimate of drug-likeness (QED) is 0.579. The van der Waals surface area contributed by atoms with Crippen molar-refractivity contribution in [3.63, 3.8) is 0 Å². The Morgan fingerprint density at radius 2 is 1.90 bits per heavy atom. The normalized spacial score (nSPS) is 10.6. The minimum atomic E-state index is 0.235. The number of aromatic nitrogens is 2. The van der Waals surface area contributed by atoms with Crippen molar-refractivity contribution < 1.29 is 4.74 Å². The summed E-state index contributed by atoms with van der Waals surface area (Å²) in [4.78, 5) is 8.50. The largest absolute Gasteiger partial charge is 0.497 e. The zero-order valence-corrected chi connectivity index (χ0v) is 12.8. The van der Waals surface area contributed by atoms with Crippen molar-refractivity contribution in [3.05, 3.63) is 35.7 Å². The highest BCUT2D eigenvalue weighted by atomic mass is 16.5. The van der Waals surface area contributed by atoms with Crippen LogP contribution in [0.15, 0.2) is 24.5 Å². The molecule has 0 saturated heterocycles. The van der Waals surface area contributed by atoms with Crippen LogP contribution in [0.4, 0.5) is 17.3 Å². The molecule has 6 nitrogen and oxygen atoms in total. The second-order valence-electron chi connectivity index (χ2n) is 5.09. The van der Waals surface area contributed by atoms with Gasteiger partial charge in [0.1, 0.15) is 23.7 Å². The summed E-state index contributed by atoms with van der Waals surface area (Å²) in [6.45, 7) is 6.17. The Bertz CT molecular complexity index is 627. The standard InChI is InChI=1S/C15H21N5O/c1-9(2)13-14(17-8-18-15(13)20-16)19-12-6-5-11(21-4)7-10(12)3/h5-9H,16H2,1-4H3,(H2,17,18,19,20). The maximum Gasteiger partial charge on any atom is 0.148 e. The Morgan fingerprint density at radius 1 is 1.19 bits per heavy atom. The second kappa shape index (κ2) is 6.41. The molecule has 0 atom stereocenters. The molecule has 0 saturated carbocycles. The van der Waals surface area contributed by atoms with E-state index >= 15 is 0 Å². The number of hydrazine groups is 1. The summed E-state index contributed by atoms with van der Waals surface area (Å²) in [6.07, 6.45) is 1.49. The number of aryl methyl sites for hydroxylation is 1. The monoisotopic (exact) mass is 287 g/mol. The minimum Gasteiger partial charge on any atom is -0.497 e. The first-order chi connectivity index (χ1) is 10.1. The summed E-state index contributed by atoms with van der Waals surface area (Å²) in [6, 6.07) is 5.85. The van der Waals surface area contributed by atoms with E-state index in [4.69, 9.17) is 10.6 Å². The van der Waals surface area contributed by atoms with Crippen molar-refractivity contribution in [2.45, 2.75) is 26.7 Å². The number of rotatable bonds is 5. The summed E-state index contributed by atoms with van der Waals surface area (Å²) in [7, 11) is 1.66. The smallest absolute Gasteiger partial charge is 0.148 e. The lowest BCUT2D eigenvalue weighted by atomic mass is 10.0. The van der Waals surface area contributed by atoms with E-state index in [1.165, 1.54) is 6.33 Å². The topological polar surface area (TPSA) is 85.1 Å². The Balaban J connectivity index is 2.40. The molecule has 0 amide bonds. The van der Waals surface area contributed by atoms with Crippen LogP contribution in [0, 0.1) is 6.92 Å². The molecule has 6 heteroatoms. The molecular weight excluding hydrogens is 266 g/mol. The third-order valence-electron chi connectivity index (χ3n) is 3.28. The second-order valence-corrected chi connectivity index (χ2v) is 5.09. The van der Waals surface area contributed by atoms with Gasteiger partial charge in [0.25, 0.3) is 0 Å². The fourth-order valence-corrected chi connectivity index (χ4v) is 2.19. The maximum atomic E-state index is 5.53. The molecule has 0 radical (unpaired) electrons. The molecule has 0 bridgehead atoms. The molecule has 1 aromatic heterocycles. The van der Waals surface area contributed by atoms with E-state index in [0.717, 1.165) is 28.4 Å². The van der Waals surface area contributed by atoms with E-state index in [2.05, 4.69) is 34.6 Å². The van der Waals surface area contributed by atoms with Crippen LogP contribution < -0.4 is 21.3 Å². The first-order valence-corrected chi connectivity index (χ1v) is 6.80. The molecule has 0 aliphatic heterocycles. The van der Waals surface area contributed by atoms with Crippen LogP contribution in [-0.2, 0) is 0 Å². The predicted molar refractivity (Wildman–Crippen MR) is 84.9 cm³/mol. The van der Waals surface area contributed by atoms with Crippen molar-refractivity contribution >= 4 is 17.3 Å². The molecule has 2 aromatic rings. The summed E-state index contributed by atoms with van der Waals surface area (Å²) in [5.74, 6) is 7.98. The van der Waals surface area contributed by atoms with Crippen LogP contribution in [0.1, 0.15) is 30.9 Å². The molecule has 0 aliphatic rings. The number of nitrogens with two attached hydrogens (primary N) is 1. The van der Waals surface area contributed by atoms with Gasteiger partial charge in [-0.25, -0.2) is 15.8 Å². The van der Waals surface area contributed by atoms with E-state index < -0.39 is 0 Å². The molecule has 0 spiro atoms. The first-order valence-electron chi connectivity index (χ1n) is 6.80. The number of nitrogens with one attached hydrogen (secondary N) is 2. The van der Waals surface area contributed by atoms with Gasteiger partial charge in [0.15, 0.2) is 0 Å². The number of hydrogen-bond acceptors (Lipinski definition) is 6. The molecular formula is C15H21N5O. The van der Waals surface area contributed by atoms with E-state index in [1.54, 1.807) is 7.11 Å². The average molecular weight is 287 g/mol. The number of hydrogen-bond donors (Lipinski definition) is 3. The van der Waals surface area contributed by atoms with Gasteiger partial charge in [0.2, 0.25) is 0 Å². The first kappa shape index (κ1) is 15.1. The highest BCUT2D eigenvalue weighted by Gasteiger charge is 2.15. The Hall–Kier alpha value is -2.34. The van der Waals surface area contributed by atoms with Crippen molar-refractivity contribution in [2.75, 3.05) is 17.9 Å². The third-order valence-corrected chi connectivity index (χ3v) is 3.28. The zero-order valence-electron chi connectivity index (χ0n) is 12.8. The Morgan fingerprint density at radius 3 is 2.48 bits per heavy atom. The Kier molecular flexibility index (Phi) is 4.59. The van der Waals surface area contributed by atoms with Gasteiger partial charge >= 0.3 is 0 Å². The van der Waals surface area contributed by atoms with Crippen LogP contribution in [0.5, 0.6) is 5.75 Å². The fourth-order valence-electron chi connectivity index (χ4n) is 2.19. The molecule has 2 rings (SSSR count). The lowest BCUT2D eigenvalue weighted by Crippen LogP contribution is -2.14. The van der Waals surface area contributed by atoms with Gasteiger partial charge in [-0.3, -0.25) is 0 Å². The zero-order chi connectivity index (χ0) is 15.4. The predicted octanol–water partition coefficient (Wildman–Crippen LogP) is 2.95. The molecule has 0 aliphatic carbocycles. The number of benzene rings is 1. The lowest BCUT2D eigenvalue weighted by molar-refractivity contribution is 0.414. The molecule has 0 unspecified atom stereocenters. The van der Waals surface area contributed by atoms with Gasteiger partial charge in [-0.05, 0) is 36.6 Å². The van der Waals surface area contributed by atoms with Gasteiger partial charge in [-0.15, -0.1) is 0 Å². The average Bonchev–Trinajstić information content (AvgIpc) is 2.48. The lowest BCUT2D eigenvalue weighted by Gasteiger charge is -2.17. The Labute approximate surface area is 124 Å². The molecule has 4 N–H and O–H groups in total. The van der Waals surface area contributed by atoms with Crippen LogP contribution >= 0.6 is 0 Å². The summed E-state index contributed by atoms with van der Waals surface area (Å²) >= 11 is 0. The fraction of sp³-hybridized carbons (Fsp3) is 0.333. The van der Waals surface area contributed by atoms with Gasteiger partial charge in [-0.1, -0.05) is 13.8 Å². The van der Waals surface area contributed by atoms with Crippen LogP contribution in [0.3, 0.4) is 0 Å². The maximum absolute atomic E-state index is 5.53. The number of nitrogens with zero attached hydrogens (tertiary/aromatic N) is 2. The van der Waals surface area contributed by atoms with Gasteiger partial charge in [0, 0.05) is 11.3 Å². The number of nitrogen functional groups attached to an aromatic ring is 1. The number of methoxy groups -OCH3 is 1. The van der Waals surface area contributed by atoms with E-state index in [9.17, 15) is 0 Å². The molecule has 21 heavy (non-hydrogen) atoms. The van der Waals surface area contributed by atoms with Gasteiger partial charge in [0.05, 0.1) is 7.11 Å². The van der Waals surface area contributed by atoms with Crippen LogP contribution in [0.25, 0.3) is 0 Å². The van der Waals surface area contributed by atoms with Gasteiger partial charge < -0.3 is 15.5 Å². The van der Waals surface area contributed by atoms with Crippen molar-refractivity contribution in [1.29, 1.82) is 0 Å². The van der Waals surface area contributed by atoms with Crippen LogP contribution in [-0.4, -0.2) is 17.1 Å². The molecule has 0 fully saturated rings. The molecule has 1 aromatic carbocycles. The van der Waals surface area contributed by atoms with Crippen molar-refractivity contribution in [1.82, 2.24) is 9.97 Å². The number of ether oxygens (including phenoxy) is 1. The summed E-state index contributed by atoms with van der Waals surface area (Å²) < 4.78 is 5.22. The molecule has 1 heterocycles. The van der Waals surface area contributed by atoms with Crippen molar-refractivity contribution in [3.8, 4) is 5.75 Å². The van der Waals surface area contributed by atoms with Crippen LogP contribution in [0.2, 0.25) is 0 Å². The van der Waals surface area contributed by atoms with E-state index in [1.807, 2.05) is 25.1 Å². The minimum absolute atomic E-state index is 0.235. The van der Waals surface area contributed by atoms with E-state index in [-0.39, 0.29) is 5.92 Å². The SMILES string of the molecule is COc1ccc(Nc2ncnc(NN)c2C(C)C)c(C)c1.